The van der Waals surface area contributed by atoms with Crippen LogP contribution in [0.3, 0.4) is 0 Å². The molecule has 0 fully saturated rings. The molecule has 0 bridgehead atoms. The largest absolute Gasteiger partial charge is 0.378 e. The molecule has 0 rings (SSSR count). The van der Waals surface area contributed by atoms with Crippen LogP contribution in [0.5, 0.6) is 0 Å². The normalized spacial score (nSPS) is 11.3. The van der Waals surface area contributed by atoms with Crippen LogP contribution in [-0.2, 0) is 14.2 Å². The van der Waals surface area contributed by atoms with Crippen molar-refractivity contribution in [3.63, 3.8) is 0 Å². The van der Waals surface area contributed by atoms with Gasteiger partial charge in [0.15, 0.2) is 0 Å². The molecule has 0 radical (unpaired) electrons. The third-order valence-corrected chi connectivity index (χ3v) is 2.10. The van der Waals surface area contributed by atoms with Gasteiger partial charge in [0.05, 0.1) is 39.6 Å². The third kappa shape index (κ3) is 15.8. The van der Waals surface area contributed by atoms with Gasteiger partial charge >= 0.3 is 0 Å². The fourth-order valence-electron chi connectivity index (χ4n) is 1.11. The highest BCUT2D eigenvalue weighted by Gasteiger charge is 1.92. The first-order chi connectivity index (χ1) is 8.27. The predicted octanol–water partition coefficient (Wildman–Crippen LogP) is 0.453. The number of hydrogen-bond donors (Lipinski definition) is 1. The average molecular weight is 250 g/mol. The molecule has 0 spiro atoms. The van der Waals surface area contributed by atoms with Crippen LogP contribution in [0.15, 0.2) is 0 Å². The summed E-state index contributed by atoms with van der Waals surface area (Å²) in [5, 5.41) is 3.19. The first kappa shape index (κ1) is 16.8. The lowest BCUT2D eigenvalue weighted by Gasteiger charge is -2.10. The van der Waals surface area contributed by atoms with E-state index in [9.17, 15) is 0 Å². The summed E-state index contributed by atoms with van der Waals surface area (Å²) in [7, 11) is 4.06. The van der Waals surface area contributed by atoms with Crippen molar-refractivity contribution in [2.24, 2.45) is 0 Å². The number of nitrogens with one attached hydrogen (secondary N) is 1. The minimum atomic E-state index is 0. The van der Waals surface area contributed by atoms with Crippen LogP contribution < -0.4 is 5.32 Å². The zero-order chi connectivity index (χ0) is 12.8. The molecule has 106 valence electrons. The Bertz CT molecular complexity index is 151. The van der Waals surface area contributed by atoms with Gasteiger partial charge in [-0.15, -0.1) is 0 Å². The molecule has 0 aliphatic rings. The lowest BCUT2D eigenvalue weighted by molar-refractivity contribution is 0.0130. The molecule has 0 atom stereocenters. The third-order valence-electron chi connectivity index (χ3n) is 2.10. The molecular weight excluding hydrogens is 220 g/mol. The van der Waals surface area contributed by atoms with Crippen molar-refractivity contribution in [2.45, 2.75) is 6.92 Å². The molecule has 0 amide bonds. The van der Waals surface area contributed by atoms with Crippen molar-refractivity contribution >= 4 is 0 Å². The lowest BCUT2D eigenvalue weighted by Crippen LogP contribution is -2.20. The minimum Gasteiger partial charge on any atom is -0.378 e. The van der Waals surface area contributed by atoms with Crippen LogP contribution in [0.4, 0.5) is 0 Å². The molecule has 0 aromatic rings. The first-order valence-corrected chi connectivity index (χ1v) is 6.36. The van der Waals surface area contributed by atoms with Crippen LogP contribution in [0, 0.1) is 0 Å². The molecule has 0 saturated heterocycles. The van der Waals surface area contributed by atoms with E-state index < -0.39 is 0 Å². The van der Waals surface area contributed by atoms with Crippen molar-refractivity contribution in [1.82, 2.24) is 10.2 Å². The summed E-state index contributed by atoms with van der Waals surface area (Å²) in [6.45, 7) is 9.04. The SMILES string of the molecule is CCNCCOCCOCCOCCN(C)C.[HH]. The molecular formula is C12H30N2O3. The van der Waals surface area contributed by atoms with E-state index in [1.54, 1.807) is 0 Å². The molecule has 5 nitrogen and oxygen atoms in total. The topological polar surface area (TPSA) is 43.0 Å². The van der Waals surface area contributed by atoms with Crippen molar-refractivity contribution in [3.8, 4) is 0 Å². The smallest absolute Gasteiger partial charge is 0.0701 e. The molecule has 0 saturated carbocycles. The highest BCUT2D eigenvalue weighted by atomic mass is 16.5. The minimum absolute atomic E-state index is 0. The van der Waals surface area contributed by atoms with E-state index in [-0.39, 0.29) is 1.43 Å². The molecule has 1 N–H and O–H groups in total. The average Bonchev–Trinajstić information content (AvgIpc) is 2.30. The highest BCUT2D eigenvalue weighted by Crippen LogP contribution is 1.82. The maximum atomic E-state index is 5.39. The summed E-state index contributed by atoms with van der Waals surface area (Å²) < 4.78 is 16.1. The van der Waals surface area contributed by atoms with Crippen LogP contribution in [0.2, 0.25) is 0 Å². The number of rotatable bonds is 13. The van der Waals surface area contributed by atoms with E-state index in [2.05, 4.69) is 17.1 Å². The molecule has 0 unspecified atom stereocenters. The Kier molecular flexibility index (Phi) is 13.7. The summed E-state index contributed by atoms with van der Waals surface area (Å²) in [6, 6.07) is 0. The van der Waals surface area contributed by atoms with Crippen LogP contribution >= 0.6 is 0 Å². The summed E-state index contributed by atoms with van der Waals surface area (Å²) >= 11 is 0. The second-order valence-electron chi connectivity index (χ2n) is 3.99. The van der Waals surface area contributed by atoms with Gasteiger partial charge in [-0.05, 0) is 20.6 Å². The van der Waals surface area contributed by atoms with E-state index >= 15 is 0 Å². The standard InChI is InChI=1S/C12H28N2O3.H2/c1-4-13-5-7-15-9-11-17-12-10-16-8-6-14(2)3;/h13H,4-12H2,1-3H3;1H. The lowest BCUT2D eigenvalue weighted by atomic mass is 10.6. The molecule has 0 aliphatic heterocycles. The maximum absolute atomic E-state index is 5.39. The molecule has 0 aliphatic carbocycles. The van der Waals surface area contributed by atoms with E-state index in [0.717, 1.165) is 32.8 Å². The van der Waals surface area contributed by atoms with Gasteiger partial charge in [0, 0.05) is 14.5 Å². The Hall–Kier alpha value is -0.200. The monoisotopic (exact) mass is 250 g/mol. The Labute approximate surface area is 107 Å². The van der Waals surface area contributed by atoms with Crippen molar-refractivity contribution in [3.05, 3.63) is 0 Å². The van der Waals surface area contributed by atoms with Crippen LogP contribution in [0.25, 0.3) is 0 Å². The molecule has 5 heteroatoms. The predicted molar refractivity (Wildman–Crippen MR) is 71.7 cm³/mol. The van der Waals surface area contributed by atoms with Crippen LogP contribution in [0.1, 0.15) is 8.35 Å². The maximum Gasteiger partial charge on any atom is 0.0701 e. The molecule has 0 aromatic carbocycles. The van der Waals surface area contributed by atoms with E-state index in [1.165, 1.54) is 0 Å². The summed E-state index contributed by atoms with van der Waals surface area (Å²) in [4.78, 5) is 2.10. The van der Waals surface area contributed by atoms with Gasteiger partial charge in [0.1, 0.15) is 0 Å². The highest BCUT2D eigenvalue weighted by molar-refractivity contribution is 4.41. The Balaban J connectivity index is 0. The Morgan fingerprint density at radius 3 is 1.94 bits per heavy atom. The van der Waals surface area contributed by atoms with Gasteiger partial charge in [0.2, 0.25) is 0 Å². The van der Waals surface area contributed by atoms with Crippen molar-refractivity contribution in [1.29, 1.82) is 0 Å². The quantitative estimate of drug-likeness (QED) is 0.481. The van der Waals surface area contributed by atoms with E-state index in [0.29, 0.717) is 26.4 Å². The first-order valence-electron chi connectivity index (χ1n) is 6.36. The van der Waals surface area contributed by atoms with Crippen molar-refractivity contribution < 1.29 is 15.6 Å². The number of ether oxygens (including phenoxy) is 3. The van der Waals surface area contributed by atoms with Crippen molar-refractivity contribution in [2.75, 3.05) is 73.4 Å². The Morgan fingerprint density at radius 1 is 0.882 bits per heavy atom. The van der Waals surface area contributed by atoms with Gasteiger partial charge in [-0.1, -0.05) is 6.92 Å². The van der Waals surface area contributed by atoms with Crippen LogP contribution in [-0.4, -0.2) is 78.3 Å². The fraction of sp³-hybridized carbons (Fsp3) is 1.00. The number of hydrogen-bond acceptors (Lipinski definition) is 5. The van der Waals surface area contributed by atoms with E-state index in [1.807, 2.05) is 14.1 Å². The van der Waals surface area contributed by atoms with Gasteiger partial charge < -0.3 is 24.4 Å². The van der Waals surface area contributed by atoms with Gasteiger partial charge in [-0.3, -0.25) is 0 Å². The second-order valence-corrected chi connectivity index (χ2v) is 3.99. The Morgan fingerprint density at radius 2 is 1.41 bits per heavy atom. The zero-order valence-corrected chi connectivity index (χ0v) is 11.5. The molecule has 17 heavy (non-hydrogen) atoms. The number of likely N-dealkylation sites (N-methyl/N-ethyl adjacent to an activating group) is 2. The fourth-order valence-corrected chi connectivity index (χ4v) is 1.11. The molecule has 0 heterocycles. The van der Waals surface area contributed by atoms with E-state index in [4.69, 9.17) is 14.2 Å². The summed E-state index contributed by atoms with van der Waals surface area (Å²) in [6.07, 6.45) is 0. The molecule has 0 aromatic heterocycles. The summed E-state index contributed by atoms with van der Waals surface area (Å²) in [5.74, 6) is 0. The van der Waals surface area contributed by atoms with Gasteiger partial charge in [-0.2, -0.15) is 0 Å². The van der Waals surface area contributed by atoms with Gasteiger partial charge in [0.25, 0.3) is 0 Å². The second kappa shape index (κ2) is 13.9. The zero-order valence-electron chi connectivity index (χ0n) is 11.5. The van der Waals surface area contributed by atoms with Gasteiger partial charge in [-0.25, -0.2) is 0 Å². The number of nitrogens with zero attached hydrogens (tertiary/aromatic N) is 1. The summed E-state index contributed by atoms with van der Waals surface area (Å²) in [5.41, 5.74) is 0.